The maximum Gasteiger partial charge on any atom is 0.340 e. The van der Waals surface area contributed by atoms with E-state index >= 15 is 0 Å². The van der Waals surface area contributed by atoms with E-state index in [1.54, 1.807) is 19.1 Å². The quantitative estimate of drug-likeness (QED) is 0.616. The topological polar surface area (TPSA) is 52.3 Å². The van der Waals surface area contributed by atoms with Gasteiger partial charge < -0.3 is 9.26 Å². The van der Waals surface area contributed by atoms with E-state index in [2.05, 4.69) is 5.16 Å². The average Bonchev–Trinajstić information content (AvgIpc) is 2.94. The number of nitrogens with zero attached hydrogens (tertiary/aromatic N) is 1. The fourth-order valence-corrected chi connectivity index (χ4v) is 2.48. The van der Waals surface area contributed by atoms with Crippen molar-refractivity contribution in [3.05, 3.63) is 75.9 Å². The first-order chi connectivity index (χ1) is 12.0. The monoisotopic (exact) mass is 363 g/mol. The van der Waals surface area contributed by atoms with Crippen LogP contribution >= 0.6 is 11.6 Å². The summed E-state index contributed by atoms with van der Waals surface area (Å²) in [6.45, 7) is 1.62. The van der Waals surface area contributed by atoms with Gasteiger partial charge in [0.05, 0.1) is 10.6 Å². The smallest absolute Gasteiger partial charge is 0.340 e. The normalized spacial score (nSPS) is 10.7. The van der Waals surface area contributed by atoms with Gasteiger partial charge in [-0.3, -0.25) is 0 Å². The zero-order valence-corrected chi connectivity index (χ0v) is 13.8. The molecule has 0 radical (unpaired) electrons. The Labute approximate surface area is 147 Å². The van der Waals surface area contributed by atoms with E-state index in [1.807, 2.05) is 0 Å². The van der Waals surface area contributed by atoms with E-state index in [-0.39, 0.29) is 23.0 Å². The summed E-state index contributed by atoms with van der Waals surface area (Å²) in [4.78, 5) is 12.0. The van der Waals surface area contributed by atoms with Crippen molar-refractivity contribution in [2.75, 3.05) is 0 Å². The van der Waals surface area contributed by atoms with E-state index in [4.69, 9.17) is 20.9 Å². The zero-order chi connectivity index (χ0) is 18.0. The predicted molar refractivity (Wildman–Crippen MR) is 87.2 cm³/mol. The van der Waals surface area contributed by atoms with Crippen molar-refractivity contribution in [1.29, 1.82) is 0 Å². The Hall–Kier alpha value is -2.73. The molecule has 0 spiro atoms. The van der Waals surface area contributed by atoms with Crippen LogP contribution < -0.4 is 0 Å². The van der Waals surface area contributed by atoms with Crippen LogP contribution in [0.25, 0.3) is 11.3 Å². The number of hydrogen-bond donors (Lipinski definition) is 0. The molecule has 0 bridgehead atoms. The Kier molecular flexibility index (Phi) is 4.81. The average molecular weight is 364 g/mol. The fraction of sp³-hybridized carbons (Fsp3) is 0.111. The Morgan fingerprint density at radius 2 is 1.84 bits per heavy atom. The van der Waals surface area contributed by atoms with Crippen LogP contribution in [0.1, 0.15) is 21.6 Å². The number of benzene rings is 2. The highest BCUT2D eigenvalue weighted by Crippen LogP contribution is 2.26. The lowest BCUT2D eigenvalue weighted by molar-refractivity contribution is 0.0464. The molecule has 1 heterocycles. The SMILES string of the molecule is Cc1c(COC(=O)c2ccc(F)cc2Cl)noc1-c1ccc(F)cc1. The highest BCUT2D eigenvalue weighted by atomic mass is 35.5. The maximum atomic E-state index is 13.0. The molecular weight excluding hydrogens is 352 g/mol. The number of carbonyl (C=O) groups excluding carboxylic acids is 1. The molecule has 7 heteroatoms. The van der Waals surface area contributed by atoms with Crippen molar-refractivity contribution in [3.63, 3.8) is 0 Å². The van der Waals surface area contributed by atoms with Crippen LogP contribution in [-0.4, -0.2) is 11.1 Å². The standard InChI is InChI=1S/C18H12ClF2NO3/c1-10-16(22-25-17(10)11-2-4-12(20)5-3-11)9-24-18(23)14-7-6-13(21)8-15(14)19/h2-8H,9H2,1H3. The van der Waals surface area contributed by atoms with Crippen LogP contribution in [-0.2, 0) is 11.3 Å². The van der Waals surface area contributed by atoms with Crippen LogP contribution in [0.4, 0.5) is 8.78 Å². The van der Waals surface area contributed by atoms with Crippen molar-refractivity contribution < 1.29 is 22.8 Å². The van der Waals surface area contributed by atoms with Crippen molar-refractivity contribution in [2.24, 2.45) is 0 Å². The molecule has 0 fully saturated rings. The summed E-state index contributed by atoms with van der Waals surface area (Å²) in [5.41, 5.74) is 1.81. The van der Waals surface area contributed by atoms with Gasteiger partial charge in [-0.25, -0.2) is 13.6 Å². The van der Waals surface area contributed by atoms with Crippen molar-refractivity contribution >= 4 is 17.6 Å². The second kappa shape index (κ2) is 7.03. The number of halogens is 3. The summed E-state index contributed by atoms with van der Waals surface area (Å²) in [6, 6.07) is 9.16. The van der Waals surface area contributed by atoms with E-state index in [0.717, 1.165) is 12.1 Å². The van der Waals surface area contributed by atoms with Crippen LogP contribution in [0.2, 0.25) is 5.02 Å². The Morgan fingerprint density at radius 1 is 1.16 bits per heavy atom. The molecule has 0 aliphatic rings. The minimum Gasteiger partial charge on any atom is -0.455 e. The lowest BCUT2D eigenvalue weighted by atomic mass is 10.1. The van der Waals surface area contributed by atoms with Crippen LogP contribution in [0.3, 0.4) is 0 Å². The number of carbonyl (C=O) groups is 1. The van der Waals surface area contributed by atoms with Gasteiger partial charge in [-0.1, -0.05) is 16.8 Å². The zero-order valence-electron chi connectivity index (χ0n) is 13.1. The van der Waals surface area contributed by atoms with Gasteiger partial charge in [-0.05, 0) is 49.4 Å². The fourth-order valence-electron chi connectivity index (χ4n) is 2.24. The second-order valence-electron chi connectivity index (χ2n) is 5.29. The van der Waals surface area contributed by atoms with Gasteiger partial charge in [0.25, 0.3) is 0 Å². The van der Waals surface area contributed by atoms with E-state index in [0.29, 0.717) is 22.6 Å². The van der Waals surface area contributed by atoms with Crippen molar-refractivity contribution in [3.8, 4) is 11.3 Å². The molecule has 0 aliphatic heterocycles. The highest BCUT2D eigenvalue weighted by molar-refractivity contribution is 6.33. The third kappa shape index (κ3) is 3.69. The molecule has 0 amide bonds. The molecule has 2 aromatic carbocycles. The first kappa shape index (κ1) is 17.1. The van der Waals surface area contributed by atoms with E-state index in [9.17, 15) is 13.6 Å². The molecule has 3 aromatic rings. The first-order valence-corrected chi connectivity index (χ1v) is 7.67. The van der Waals surface area contributed by atoms with E-state index in [1.165, 1.54) is 18.2 Å². The van der Waals surface area contributed by atoms with Gasteiger partial charge in [-0.2, -0.15) is 0 Å². The van der Waals surface area contributed by atoms with Crippen LogP contribution in [0.15, 0.2) is 47.0 Å². The predicted octanol–water partition coefficient (Wildman–Crippen LogP) is 4.94. The summed E-state index contributed by atoms with van der Waals surface area (Å²) in [6.07, 6.45) is 0. The lowest BCUT2D eigenvalue weighted by Crippen LogP contribution is -2.07. The minimum absolute atomic E-state index is 0.0334. The molecule has 3 rings (SSSR count). The third-order valence-corrected chi connectivity index (χ3v) is 3.93. The summed E-state index contributed by atoms with van der Waals surface area (Å²) in [7, 11) is 0. The molecule has 0 atom stereocenters. The molecule has 0 saturated carbocycles. The summed E-state index contributed by atoms with van der Waals surface area (Å²) in [5.74, 6) is -1.13. The number of esters is 1. The van der Waals surface area contributed by atoms with Gasteiger partial charge in [0, 0.05) is 11.1 Å². The van der Waals surface area contributed by atoms with Gasteiger partial charge in [-0.15, -0.1) is 0 Å². The van der Waals surface area contributed by atoms with Crippen LogP contribution in [0.5, 0.6) is 0 Å². The largest absolute Gasteiger partial charge is 0.455 e. The molecule has 25 heavy (non-hydrogen) atoms. The third-order valence-electron chi connectivity index (χ3n) is 3.62. The summed E-state index contributed by atoms with van der Waals surface area (Å²) < 4.78 is 36.4. The molecule has 0 unspecified atom stereocenters. The second-order valence-corrected chi connectivity index (χ2v) is 5.70. The maximum absolute atomic E-state index is 13.0. The van der Waals surface area contributed by atoms with Gasteiger partial charge >= 0.3 is 5.97 Å². The molecule has 4 nitrogen and oxygen atoms in total. The summed E-state index contributed by atoms with van der Waals surface area (Å²) in [5, 5.41) is 3.84. The first-order valence-electron chi connectivity index (χ1n) is 7.29. The number of ether oxygens (including phenoxy) is 1. The Balaban J connectivity index is 1.74. The van der Waals surface area contributed by atoms with Gasteiger partial charge in [0.2, 0.25) is 0 Å². The Morgan fingerprint density at radius 3 is 2.52 bits per heavy atom. The molecule has 0 N–H and O–H groups in total. The number of hydrogen-bond acceptors (Lipinski definition) is 4. The minimum atomic E-state index is -0.698. The van der Waals surface area contributed by atoms with E-state index < -0.39 is 11.8 Å². The number of aromatic nitrogens is 1. The van der Waals surface area contributed by atoms with Gasteiger partial charge in [0.1, 0.15) is 23.9 Å². The lowest BCUT2D eigenvalue weighted by Gasteiger charge is -2.05. The van der Waals surface area contributed by atoms with Crippen molar-refractivity contribution in [2.45, 2.75) is 13.5 Å². The molecule has 0 saturated heterocycles. The van der Waals surface area contributed by atoms with Crippen molar-refractivity contribution in [1.82, 2.24) is 5.16 Å². The highest BCUT2D eigenvalue weighted by Gasteiger charge is 2.17. The summed E-state index contributed by atoms with van der Waals surface area (Å²) >= 11 is 5.83. The molecule has 0 aliphatic carbocycles. The molecule has 1 aromatic heterocycles. The molecule has 128 valence electrons. The van der Waals surface area contributed by atoms with Gasteiger partial charge in [0.15, 0.2) is 5.76 Å². The Bertz CT molecular complexity index is 923. The molecular formula is C18H12ClF2NO3. The van der Waals surface area contributed by atoms with Crippen LogP contribution in [0, 0.1) is 18.6 Å². The number of rotatable bonds is 4.